The number of carbonyl (C=O) groups is 1. The molecule has 0 aromatic heterocycles. The molecule has 0 spiro atoms. The minimum atomic E-state index is -0.0459. The van der Waals surface area contributed by atoms with Crippen LogP contribution in [0.5, 0.6) is 0 Å². The Hall–Kier alpha value is -0.570. The third-order valence-electron chi connectivity index (χ3n) is 3.56. The standard InChI is InChI=1S/C14H27NO2/c1-4-17-14(16)11-13(12(2)3)15-9-7-5-6-8-10-15/h12-13H,4-11H2,1-3H3. The first kappa shape index (κ1) is 14.5. The van der Waals surface area contributed by atoms with E-state index < -0.39 is 0 Å². The summed E-state index contributed by atoms with van der Waals surface area (Å²) in [4.78, 5) is 14.1. The molecule has 100 valence electrons. The molecule has 17 heavy (non-hydrogen) atoms. The van der Waals surface area contributed by atoms with Crippen LogP contribution >= 0.6 is 0 Å². The molecule has 1 heterocycles. The lowest BCUT2D eigenvalue weighted by Crippen LogP contribution is -2.41. The van der Waals surface area contributed by atoms with Crippen molar-refractivity contribution < 1.29 is 9.53 Å². The van der Waals surface area contributed by atoms with E-state index in [0.717, 1.165) is 13.1 Å². The van der Waals surface area contributed by atoms with Crippen LogP contribution in [0.15, 0.2) is 0 Å². The highest BCUT2D eigenvalue weighted by Gasteiger charge is 2.25. The van der Waals surface area contributed by atoms with Crippen molar-refractivity contribution in [2.75, 3.05) is 19.7 Å². The summed E-state index contributed by atoms with van der Waals surface area (Å²) in [5.74, 6) is 0.466. The molecule has 1 unspecified atom stereocenters. The van der Waals surface area contributed by atoms with E-state index in [1.165, 1.54) is 25.7 Å². The van der Waals surface area contributed by atoms with Crippen LogP contribution in [-0.4, -0.2) is 36.6 Å². The summed E-state index contributed by atoms with van der Waals surface area (Å²) in [5.41, 5.74) is 0. The fourth-order valence-electron chi connectivity index (χ4n) is 2.60. The van der Waals surface area contributed by atoms with Crippen LogP contribution in [0.4, 0.5) is 0 Å². The molecule has 1 rings (SSSR count). The Balaban J connectivity index is 2.53. The largest absolute Gasteiger partial charge is 0.466 e. The van der Waals surface area contributed by atoms with E-state index >= 15 is 0 Å². The Labute approximate surface area is 106 Å². The van der Waals surface area contributed by atoms with E-state index in [0.29, 0.717) is 25.0 Å². The third-order valence-corrected chi connectivity index (χ3v) is 3.56. The minimum Gasteiger partial charge on any atom is -0.466 e. The monoisotopic (exact) mass is 241 g/mol. The maximum atomic E-state index is 11.6. The molecule has 1 atom stereocenters. The van der Waals surface area contributed by atoms with Crippen LogP contribution in [0.2, 0.25) is 0 Å². The first-order valence-electron chi connectivity index (χ1n) is 7.04. The molecule has 0 aliphatic carbocycles. The Morgan fingerprint density at radius 1 is 1.18 bits per heavy atom. The number of likely N-dealkylation sites (tertiary alicyclic amines) is 1. The zero-order valence-electron chi connectivity index (χ0n) is 11.6. The normalized spacial score (nSPS) is 20.0. The number of ether oxygens (including phenoxy) is 1. The van der Waals surface area contributed by atoms with Crippen LogP contribution in [-0.2, 0) is 9.53 Å². The van der Waals surface area contributed by atoms with Crippen LogP contribution in [0.3, 0.4) is 0 Å². The number of hydrogen-bond acceptors (Lipinski definition) is 3. The van der Waals surface area contributed by atoms with Crippen molar-refractivity contribution in [3.63, 3.8) is 0 Å². The fraction of sp³-hybridized carbons (Fsp3) is 0.929. The molecule has 1 aliphatic heterocycles. The Morgan fingerprint density at radius 2 is 1.76 bits per heavy atom. The molecule has 0 bridgehead atoms. The van der Waals surface area contributed by atoms with E-state index in [-0.39, 0.29) is 5.97 Å². The van der Waals surface area contributed by atoms with E-state index in [1.54, 1.807) is 0 Å². The van der Waals surface area contributed by atoms with Crippen molar-refractivity contribution in [3.05, 3.63) is 0 Å². The summed E-state index contributed by atoms with van der Waals surface area (Å²) in [7, 11) is 0. The lowest BCUT2D eigenvalue weighted by Gasteiger charge is -2.32. The van der Waals surface area contributed by atoms with Gasteiger partial charge in [0.05, 0.1) is 13.0 Å². The van der Waals surface area contributed by atoms with Crippen molar-refractivity contribution in [1.29, 1.82) is 0 Å². The van der Waals surface area contributed by atoms with Crippen LogP contribution in [0, 0.1) is 5.92 Å². The van der Waals surface area contributed by atoms with Gasteiger partial charge in [0.25, 0.3) is 0 Å². The second kappa shape index (κ2) is 7.70. The molecule has 3 nitrogen and oxygen atoms in total. The topological polar surface area (TPSA) is 29.5 Å². The molecule has 0 aromatic rings. The number of rotatable bonds is 5. The lowest BCUT2D eigenvalue weighted by atomic mass is 9.99. The van der Waals surface area contributed by atoms with Gasteiger partial charge in [0, 0.05) is 6.04 Å². The van der Waals surface area contributed by atoms with Gasteiger partial charge in [0.15, 0.2) is 0 Å². The number of hydrogen-bond donors (Lipinski definition) is 0. The van der Waals surface area contributed by atoms with Gasteiger partial charge < -0.3 is 4.74 Å². The average molecular weight is 241 g/mol. The second-order valence-corrected chi connectivity index (χ2v) is 5.27. The average Bonchev–Trinajstić information content (AvgIpc) is 2.54. The Morgan fingerprint density at radius 3 is 2.24 bits per heavy atom. The Kier molecular flexibility index (Phi) is 6.56. The lowest BCUT2D eigenvalue weighted by molar-refractivity contribution is -0.145. The molecule has 1 aliphatic rings. The maximum absolute atomic E-state index is 11.6. The summed E-state index contributed by atoms with van der Waals surface area (Å²) >= 11 is 0. The van der Waals surface area contributed by atoms with Gasteiger partial charge in [0.2, 0.25) is 0 Å². The van der Waals surface area contributed by atoms with Crippen molar-refractivity contribution in [2.24, 2.45) is 5.92 Å². The summed E-state index contributed by atoms with van der Waals surface area (Å²) < 4.78 is 5.08. The van der Waals surface area contributed by atoms with E-state index in [4.69, 9.17) is 4.74 Å². The van der Waals surface area contributed by atoms with Gasteiger partial charge in [-0.1, -0.05) is 26.7 Å². The molecule has 1 saturated heterocycles. The van der Waals surface area contributed by atoms with Crippen molar-refractivity contribution in [1.82, 2.24) is 4.90 Å². The first-order chi connectivity index (χ1) is 8.15. The molecule has 0 aromatic carbocycles. The first-order valence-corrected chi connectivity index (χ1v) is 7.04. The summed E-state index contributed by atoms with van der Waals surface area (Å²) in [5, 5.41) is 0. The predicted octanol–water partition coefficient (Wildman–Crippen LogP) is 2.84. The highest BCUT2D eigenvalue weighted by molar-refractivity contribution is 5.70. The summed E-state index contributed by atoms with van der Waals surface area (Å²) in [6.45, 7) is 9.05. The van der Waals surface area contributed by atoms with E-state index in [2.05, 4.69) is 18.7 Å². The Bertz CT molecular complexity index is 220. The highest BCUT2D eigenvalue weighted by atomic mass is 16.5. The number of carbonyl (C=O) groups excluding carboxylic acids is 1. The van der Waals surface area contributed by atoms with Crippen molar-refractivity contribution >= 4 is 5.97 Å². The maximum Gasteiger partial charge on any atom is 0.307 e. The minimum absolute atomic E-state index is 0.0459. The summed E-state index contributed by atoms with van der Waals surface area (Å²) in [6, 6.07) is 0.354. The van der Waals surface area contributed by atoms with Gasteiger partial charge >= 0.3 is 5.97 Å². The second-order valence-electron chi connectivity index (χ2n) is 5.27. The van der Waals surface area contributed by atoms with Gasteiger partial charge in [-0.25, -0.2) is 0 Å². The summed E-state index contributed by atoms with van der Waals surface area (Å²) in [6.07, 6.45) is 5.76. The van der Waals surface area contributed by atoms with Gasteiger partial charge in [-0.2, -0.15) is 0 Å². The van der Waals surface area contributed by atoms with Crippen molar-refractivity contribution in [3.8, 4) is 0 Å². The van der Waals surface area contributed by atoms with E-state index in [1.807, 2.05) is 6.92 Å². The van der Waals surface area contributed by atoms with Gasteiger partial charge in [-0.15, -0.1) is 0 Å². The molecule has 0 N–H and O–H groups in total. The van der Waals surface area contributed by atoms with Gasteiger partial charge in [-0.3, -0.25) is 9.69 Å². The zero-order chi connectivity index (χ0) is 12.7. The smallest absolute Gasteiger partial charge is 0.307 e. The SMILES string of the molecule is CCOC(=O)CC(C(C)C)N1CCCCCC1. The molecule has 0 saturated carbocycles. The molecule has 3 heteroatoms. The van der Waals surface area contributed by atoms with Gasteiger partial charge in [-0.05, 0) is 38.8 Å². The highest BCUT2D eigenvalue weighted by Crippen LogP contribution is 2.20. The predicted molar refractivity (Wildman–Crippen MR) is 69.9 cm³/mol. The molecular formula is C14H27NO2. The number of esters is 1. The third kappa shape index (κ3) is 5.07. The molecule has 1 fully saturated rings. The number of nitrogens with zero attached hydrogens (tertiary/aromatic N) is 1. The van der Waals surface area contributed by atoms with Crippen LogP contribution in [0.25, 0.3) is 0 Å². The zero-order valence-corrected chi connectivity index (χ0v) is 11.6. The molecular weight excluding hydrogens is 214 g/mol. The van der Waals surface area contributed by atoms with Gasteiger partial charge in [0.1, 0.15) is 0 Å². The fourth-order valence-corrected chi connectivity index (χ4v) is 2.60. The van der Waals surface area contributed by atoms with E-state index in [9.17, 15) is 4.79 Å². The van der Waals surface area contributed by atoms with Crippen molar-refractivity contribution in [2.45, 2.75) is 58.9 Å². The quantitative estimate of drug-likeness (QED) is 0.693. The molecule has 0 amide bonds. The molecule has 0 radical (unpaired) electrons. The van der Waals surface area contributed by atoms with Crippen LogP contribution in [0.1, 0.15) is 52.9 Å². The van der Waals surface area contributed by atoms with Crippen LogP contribution < -0.4 is 0 Å².